The molecule has 1 heterocycles. The second kappa shape index (κ2) is 6.72. The van der Waals surface area contributed by atoms with Gasteiger partial charge in [0, 0.05) is 25.7 Å². The molecule has 0 unspecified atom stereocenters. The molecule has 114 valence electrons. The molecule has 0 aromatic carbocycles. The zero-order chi connectivity index (χ0) is 15.5. The van der Waals surface area contributed by atoms with E-state index in [1.54, 1.807) is 0 Å². The number of aromatic nitrogens is 2. The van der Waals surface area contributed by atoms with Gasteiger partial charge in [0.2, 0.25) is 0 Å². The van der Waals surface area contributed by atoms with E-state index in [0.29, 0.717) is 13.1 Å². The van der Waals surface area contributed by atoms with E-state index in [4.69, 9.17) is 5.11 Å². The molecule has 1 aromatic heterocycles. The highest BCUT2D eigenvalue weighted by Gasteiger charge is 2.25. The van der Waals surface area contributed by atoms with Crippen LogP contribution in [0.15, 0.2) is 4.47 Å². The summed E-state index contributed by atoms with van der Waals surface area (Å²) < 4.78 is 2.91. The maximum Gasteiger partial charge on any atom is 0.304 e. The van der Waals surface area contributed by atoms with E-state index >= 15 is 0 Å². The van der Waals surface area contributed by atoms with Crippen LogP contribution in [0.5, 0.6) is 0 Å². The molecule has 20 heavy (non-hydrogen) atoms. The molecule has 0 atom stereocenters. The molecule has 5 nitrogen and oxygen atoms in total. The standard InChI is InChI=1S/C14H24BrN3O2/c1-6-10-13(15)11(17(5)16-10)9-18(14(2,3)4)8-7-12(19)20/h6-9H2,1-5H3,(H,19,20). The number of nitrogens with zero attached hydrogens (tertiary/aromatic N) is 3. The monoisotopic (exact) mass is 345 g/mol. The minimum absolute atomic E-state index is 0.0917. The van der Waals surface area contributed by atoms with Crippen molar-refractivity contribution in [2.45, 2.75) is 52.6 Å². The van der Waals surface area contributed by atoms with Crippen LogP contribution >= 0.6 is 15.9 Å². The van der Waals surface area contributed by atoms with E-state index in [1.165, 1.54) is 0 Å². The number of hydrogen-bond donors (Lipinski definition) is 1. The fraction of sp³-hybridized carbons (Fsp3) is 0.714. The molecule has 0 aliphatic heterocycles. The topological polar surface area (TPSA) is 58.4 Å². The third-order valence-electron chi connectivity index (χ3n) is 3.39. The van der Waals surface area contributed by atoms with Crippen LogP contribution in [-0.2, 0) is 24.8 Å². The van der Waals surface area contributed by atoms with E-state index < -0.39 is 5.97 Å². The molecular weight excluding hydrogens is 322 g/mol. The fourth-order valence-corrected chi connectivity index (χ4v) is 2.80. The van der Waals surface area contributed by atoms with Gasteiger partial charge in [-0.05, 0) is 43.1 Å². The second-order valence-electron chi connectivity index (χ2n) is 5.92. The Morgan fingerprint density at radius 1 is 1.45 bits per heavy atom. The van der Waals surface area contributed by atoms with Gasteiger partial charge >= 0.3 is 5.97 Å². The highest BCUT2D eigenvalue weighted by Crippen LogP contribution is 2.25. The average Bonchev–Trinajstić information content (AvgIpc) is 2.58. The first-order valence-corrected chi connectivity index (χ1v) is 7.63. The first kappa shape index (κ1) is 17.2. The Morgan fingerprint density at radius 3 is 2.45 bits per heavy atom. The maximum atomic E-state index is 10.8. The van der Waals surface area contributed by atoms with Gasteiger partial charge in [0.1, 0.15) is 0 Å². The van der Waals surface area contributed by atoms with Gasteiger partial charge < -0.3 is 5.11 Å². The molecule has 0 bridgehead atoms. The second-order valence-corrected chi connectivity index (χ2v) is 6.71. The Bertz CT molecular complexity index is 477. The normalized spacial score (nSPS) is 12.2. The first-order chi connectivity index (χ1) is 9.16. The molecule has 0 aliphatic carbocycles. The molecule has 0 saturated heterocycles. The summed E-state index contributed by atoms with van der Waals surface area (Å²) in [4.78, 5) is 13.0. The lowest BCUT2D eigenvalue weighted by molar-refractivity contribution is -0.137. The van der Waals surface area contributed by atoms with Crippen molar-refractivity contribution in [3.63, 3.8) is 0 Å². The van der Waals surface area contributed by atoms with Gasteiger partial charge in [0.05, 0.1) is 22.3 Å². The minimum atomic E-state index is -0.766. The summed E-state index contributed by atoms with van der Waals surface area (Å²) in [5.74, 6) is -0.766. The Balaban J connectivity index is 2.95. The van der Waals surface area contributed by atoms with Crippen molar-refractivity contribution in [1.29, 1.82) is 0 Å². The molecule has 0 fully saturated rings. The zero-order valence-corrected chi connectivity index (χ0v) is 14.5. The number of aliphatic carboxylic acids is 1. The van der Waals surface area contributed by atoms with Crippen LogP contribution in [0, 0.1) is 0 Å². The maximum absolute atomic E-state index is 10.8. The summed E-state index contributed by atoms with van der Waals surface area (Å²) in [5, 5.41) is 13.4. The van der Waals surface area contributed by atoms with Crippen molar-refractivity contribution in [3.05, 3.63) is 15.9 Å². The van der Waals surface area contributed by atoms with Gasteiger partial charge in [-0.2, -0.15) is 5.10 Å². The number of hydrogen-bond acceptors (Lipinski definition) is 3. The van der Waals surface area contributed by atoms with E-state index in [1.807, 2.05) is 11.7 Å². The molecular formula is C14H24BrN3O2. The van der Waals surface area contributed by atoms with Gasteiger partial charge in [0.15, 0.2) is 0 Å². The summed E-state index contributed by atoms with van der Waals surface area (Å²) in [6, 6.07) is 0. The summed E-state index contributed by atoms with van der Waals surface area (Å²) in [7, 11) is 1.93. The summed E-state index contributed by atoms with van der Waals surface area (Å²) in [6.45, 7) is 9.57. The van der Waals surface area contributed by atoms with Crippen LogP contribution in [0.4, 0.5) is 0 Å². The number of carboxylic acid groups (broad SMARTS) is 1. The van der Waals surface area contributed by atoms with Crippen molar-refractivity contribution < 1.29 is 9.90 Å². The number of halogens is 1. The SMILES string of the molecule is CCc1nn(C)c(CN(CCC(=O)O)C(C)(C)C)c1Br. The molecule has 6 heteroatoms. The first-order valence-electron chi connectivity index (χ1n) is 6.83. The van der Waals surface area contributed by atoms with E-state index in [2.05, 4.69) is 53.6 Å². The highest BCUT2D eigenvalue weighted by molar-refractivity contribution is 9.10. The summed E-state index contributed by atoms with van der Waals surface area (Å²) in [5.41, 5.74) is 2.03. The van der Waals surface area contributed by atoms with Crippen molar-refractivity contribution in [3.8, 4) is 0 Å². The number of carbonyl (C=O) groups is 1. The fourth-order valence-electron chi connectivity index (χ4n) is 2.05. The molecule has 0 spiro atoms. The van der Waals surface area contributed by atoms with Gasteiger partial charge in [-0.15, -0.1) is 0 Å². The lowest BCUT2D eigenvalue weighted by Crippen LogP contribution is -2.42. The quantitative estimate of drug-likeness (QED) is 0.861. The van der Waals surface area contributed by atoms with E-state index in [9.17, 15) is 4.79 Å². The van der Waals surface area contributed by atoms with Crippen LogP contribution in [0.3, 0.4) is 0 Å². The molecule has 0 saturated carbocycles. The Kier molecular flexibility index (Phi) is 5.77. The lowest BCUT2D eigenvalue weighted by Gasteiger charge is -2.35. The smallest absolute Gasteiger partial charge is 0.304 e. The Morgan fingerprint density at radius 2 is 2.05 bits per heavy atom. The van der Waals surface area contributed by atoms with Crippen LogP contribution in [0.1, 0.15) is 45.5 Å². The third kappa shape index (κ3) is 4.31. The van der Waals surface area contributed by atoms with Crippen molar-refractivity contribution in [2.75, 3.05) is 6.54 Å². The predicted molar refractivity (Wildman–Crippen MR) is 82.7 cm³/mol. The molecule has 0 amide bonds. The van der Waals surface area contributed by atoms with Gasteiger partial charge in [0.25, 0.3) is 0 Å². The molecule has 0 radical (unpaired) electrons. The minimum Gasteiger partial charge on any atom is -0.481 e. The number of rotatable bonds is 6. The number of aryl methyl sites for hydroxylation is 2. The molecule has 0 aliphatic rings. The van der Waals surface area contributed by atoms with Crippen molar-refractivity contribution in [1.82, 2.24) is 14.7 Å². The third-order valence-corrected chi connectivity index (χ3v) is 4.30. The highest BCUT2D eigenvalue weighted by atomic mass is 79.9. The van der Waals surface area contributed by atoms with Crippen LogP contribution in [0.2, 0.25) is 0 Å². The van der Waals surface area contributed by atoms with Gasteiger partial charge in [-0.25, -0.2) is 0 Å². The van der Waals surface area contributed by atoms with Crippen LogP contribution in [-0.4, -0.2) is 37.8 Å². The van der Waals surface area contributed by atoms with E-state index in [-0.39, 0.29) is 12.0 Å². The van der Waals surface area contributed by atoms with Crippen LogP contribution in [0.25, 0.3) is 0 Å². The van der Waals surface area contributed by atoms with Crippen LogP contribution < -0.4 is 0 Å². The number of carboxylic acids is 1. The van der Waals surface area contributed by atoms with E-state index in [0.717, 1.165) is 22.3 Å². The zero-order valence-electron chi connectivity index (χ0n) is 12.9. The van der Waals surface area contributed by atoms with Crippen molar-refractivity contribution in [2.24, 2.45) is 7.05 Å². The molecule has 1 aromatic rings. The van der Waals surface area contributed by atoms with Crippen molar-refractivity contribution >= 4 is 21.9 Å². The predicted octanol–water partition coefficient (Wildman–Crippen LogP) is 2.82. The Hall–Kier alpha value is -0.880. The average molecular weight is 346 g/mol. The summed E-state index contributed by atoms with van der Waals surface area (Å²) in [6.07, 6.45) is 1.02. The van der Waals surface area contributed by atoms with Gasteiger partial charge in [-0.1, -0.05) is 6.92 Å². The largest absolute Gasteiger partial charge is 0.481 e. The molecule has 1 N–H and O–H groups in total. The summed E-state index contributed by atoms with van der Waals surface area (Å²) >= 11 is 3.61. The lowest BCUT2D eigenvalue weighted by atomic mass is 10.1. The molecule has 1 rings (SSSR count). The van der Waals surface area contributed by atoms with Gasteiger partial charge in [-0.3, -0.25) is 14.4 Å². The Labute approximate surface area is 129 Å².